The zero-order chi connectivity index (χ0) is 22.5. The van der Waals surface area contributed by atoms with E-state index in [1.54, 1.807) is 35.2 Å². The van der Waals surface area contributed by atoms with Crippen molar-refractivity contribution in [2.75, 3.05) is 49.1 Å². The van der Waals surface area contributed by atoms with Gasteiger partial charge >= 0.3 is 6.09 Å². The first kappa shape index (κ1) is 21.3. The molecular formula is C21H21FN6O4. The highest BCUT2D eigenvalue weighted by atomic mass is 19.1. The molecule has 0 aliphatic carbocycles. The van der Waals surface area contributed by atoms with E-state index in [1.165, 1.54) is 23.3 Å². The lowest BCUT2D eigenvalue weighted by Gasteiger charge is -2.36. The number of hydrogen-bond donors (Lipinski definition) is 0. The summed E-state index contributed by atoms with van der Waals surface area (Å²) in [6.45, 7) is 2.10. The molecule has 0 radical (unpaired) electrons. The lowest BCUT2D eigenvalue weighted by atomic mass is 10.2. The quantitative estimate of drug-likeness (QED) is 0.295. The van der Waals surface area contributed by atoms with Gasteiger partial charge in [0.1, 0.15) is 17.7 Å². The topological polar surface area (TPSA) is 115 Å². The van der Waals surface area contributed by atoms with Crippen LogP contribution in [0.15, 0.2) is 52.2 Å². The second kappa shape index (κ2) is 9.44. The molecule has 11 heteroatoms. The summed E-state index contributed by atoms with van der Waals surface area (Å²) in [4.78, 5) is 31.9. The maximum Gasteiger partial charge on any atom is 0.414 e. The van der Waals surface area contributed by atoms with Gasteiger partial charge in [-0.25, -0.2) is 9.18 Å². The van der Waals surface area contributed by atoms with Crippen LogP contribution in [-0.4, -0.2) is 62.3 Å². The van der Waals surface area contributed by atoms with Crippen LogP contribution in [0.2, 0.25) is 0 Å². The summed E-state index contributed by atoms with van der Waals surface area (Å²) in [5, 5.41) is 3.41. The number of amides is 2. The van der Waals surface area contributed by atoms with Gasteiger partial charge < -0.3 is 19.0 Å². The van der Waals surface area contributed by atoms with Crippen LogP contribution in [-0.2, 0) is 9.53 Å². The maximum absolute atomic E-state index is 14.9. The summed E-state index contributed by atoms with van der Waals surface area (Å²) >= 11 is 0. The minimum absolute atomic E-state index is 0.0268. The Bertz CT molecular complexity index is 1060. The Morgan fingerprint density at radius 1 is 1.28 bits per heavy atom. The zero-order valence-electron chi connectivity index (χ0n) is 17.1. The fourth-order valence-corrected chi connectivity index (χ4v) is 3.69. The molecule has 0 unspecified atom stereocenters. The molecule has 2 fully saturated rings. The van der Waals surface area contributed by atoms with Crippen molar-refractivity contribution in [2.45, 2.75) is 6.10 Å². The van der Waals surface area contributed by atoms with E-state index in [1.807, 2.05) is 4.90 Å². The molecule has 2 aromatic rings. The first-order valence-corrected chi connectivity index (χ1v) is 10.1. The molecule has 2 saturated heterocycles. The number of benzene rings is 1. The molecular weight excluding hydrogens is 419 g/mol. The molecule has 2 aliphatic heterocycles. The van der Waals surface area contributed by atoms with Gasteiger partial charge in [-0.15, -0.1) is 0 Å². The SMILES string of the molecule is [N-]=[N+]=NC[C@H]1CN(c2ccc(N3CCN(C(=O)/C=C/c4ccco4)CC3)c(F)c2)C(=O)O1. The molecule has 166 valence electrons. The van der Waals surface area contributed by atoms with Crippen molar-refractivity contribution in [1.82, 2.24) is 4.90 Å². The number of anilines is 2. The molecule has 0 spiro atoms. The third kappa shape index (κ3) is 4.68. The normalized spacial score (nSPS) is 18.7. The number of cyclic esters (lactones) is 1. The van der Waals surface area contributed by atoms with Gasteiger partial charge in [0.05, 0.1) is 30.7 Å². The van der Waals surface area contributed by atoms with Crippen LogP contribution in [0.5, 0.6) is 0 Å². The predicted octanol–water partition coefficient (Wildman–Crippen LogP) is 3.42. The van der Waals surface area contributed by atoms with Crippen LogP contribution in [0.4, 0.5) is 20.6 Å². The molecule has 1 aromatic carbocycles. The molecule has 0 N–H and O–H groups in total. The van der Waals surface area contributed by atoms with Crippen molar-refractivity contribution in [2.24, 2.45) is 5.11 Å². The Balaban J connectivity index is 1.35. The molecule has 3 heterocycles. The van der Waals surface area contributed by atoms with Gasteiger partial charge in [0, 0.05) is 37.2 Å². The molecule has 0 saturated carbocycles. The Labute approximate surface area is 183 Å². The van der Waals surface area contributed by atoms with Gasteiger partial charge in [-0.05, 0) is 41.9 Å². The highest BCUT2D eigenvalue weighted by molar-refractivity contribution is 5.92. The number of ether oxygens (including phenoxy) is 1. The number of hydrogen-bond acceptors (Lipinski definition) is 6. The van der Waals surface area contributed by atoms with Crippen LogP contribution in [0.25, 0.3) is 16.5 Å². The number of furan rings is 1. The van der Waals surface area contributed by atoms with E-state index in [2.05, 4.69) is 10.0 Å². The molecule has 1 aromatic heterocycles. The summed E-state index contributed by atoms with van der Waals surface area (Å²) in [6.07, 6.45) is 3.46. The number of carbonyl (C=O) groups excluding carboxylic acids is 2. The number of azide groups is 1. The molecule has 10 nitrogen and oxygen atoms in total. The van der Waals surface area contributed by atoms with E-state index >= 15 is 0 Å². The first-order chi connectivity index (χ1) is 15.5. The average Bonchev–Trinajstić information content (AvgIpc) is 3.45. The summed E-state index contributed by atoms with van der Waals surface area (Å²) < 4.78 is 25.2. The van der Waals surface area contributed by atoms with Crippen LogP contribution in [0.1, 0.15) is 5.76 Å². The second-order valence-corrected chi connectivity index (χ2v) is 7.33. The Morgan fingerprint density at radius 2 is 2.09 bits per heavy atom. The van der Waals surface area contributed by atoms with E-state index in [0.29, 0.717) is 43.3 Å². The first-order valence-electron chi connectivity index (χ1n) is 10.1. The maximum atomic E-state index is 14.9. The van der Waals surface area contributed by atoms with E-state index in [4.69, 9.17) is 14.7 Å². The molecule has 2 amide bonds. The number of halogens is 1. The van der Waals surface area contributed by atoms with Crippen molar-refractivity contribution in [3.63, 3.8) is 0 Å². The fraction of sp³-hybridized carbons (Fsp3) is 0.333. The van der Waals surface area contributed by atoms with E-state index < -0.39 is 18.0 Å². The number of nitrogens with zero attached hydrogens (tertiary/aromatic N) is 6. The smallest absolute Gasteiger partial charge is 0.414 e. The van der Waals surface area contributed by atoms with E-state index in [-0.39, 0.29) is 19.0 Å². The molecule has 32 heavy (non-hydrogen) atoms. The van der Waals surface area contributed by atoms with E-state index in [9.17, 15) is 14.0 Å². The average molecular weight is 440 g/mol. The van der Waals surface area contributed by atoms with Crippen LogP contribution < -0.4 is 9.80 Å². The van der Waals surface area contributed by atoms with Gasteiger partial charge in [0.2, 0.25) is 5.91 Å². The molecule has 0 bridgehead atoms. The molecule has 2 aliphatic rings. The number of piperazine rings is 1. The monoisotopic (exact) mass is 440 g/mol. The van der Waals surface area contributed by atoms with Crippen LogP contribution in [0.3, 0.4) is 0 Å². The fourth-order valence-electron chi connectivity index (χ4n) is 3.69. The van der Waals surface area contributed by atoms with E-state index in [0.717, 1.165) is 0 Å². The standard InChI is InChI=1S/C21H21FN6O4/c22-18-12-15(28-14-17(13-24-25-23)32-21(28)30)3-5-19(18)26-7-9-27(10-8-26)20(29)6-4-16-2-1-11-31-16/h1-6,11-12,17H,7-10,13-14H2/b6-4+/t17-/m0/s1. The van der Waals surface area contributed by atoms with Crippen molar-refractivity contribution in [3.8, 4) is 0 Å². The minimum atomic E-state index is -0.606. The summed E-state index contributed by atoms with van der Waals surface area (Å²) in [7, 11) is 0. The lowest BCUT2D eigenvalue weighted by molar-refractivity contribution is -0.126. The van der Waals surface area contributed by atoms with Crippen molar-refractivity contribution in [1.29, 1.82) is 0 Å². The Hall–Kier alpha value is -3.98. The summed E-state index contributed by atoms with van der Waals surface area (Å²) in [6, 6.07) is 8.07. The Kier molecular flexibility index (Phi) is 6.27. The van der Waals surface area contributed by atoms with Crippen LogP contribution >= 0.6 is 0 Å². The van der Waals surface area contributed by atoms with Crippen molar-refractivity contribution < 1.29 is 23.1 Å². The summed E-state index contributed by atoms with van der Waals surface area (Å²) in [5.74, 6) is 0.0103. The predicted molar refractivity (Wildman–Crippen MR) is 115 cm³/mol. The summed E-state index contributed by atoms with van der Waals surface area (Å²) in [5.41, 5.74) is 9.18. The minimum Gasteiger partial charge on any atom is -0.465 e. The van der Waals surface area contributed by atoms with Gasteiger partial charge in [-0.3, -0.25) is 9.69 Å². The highest BCUT2D eigenvalue weighted by Crippen LogP contribution is 2.28. The second-order valence-electron chi connectivity index (χ2n) is 7.33. The van der Waals surface area contributed by atoms with Gasteiger partial charge in [0.15, 0.2) is 0 Å². The van der Waals surface area contributed by atoms with Gasteiger partial charge in [-0.1, -0.05) is 5.11 Å². The third-order valence-corrected chi connectivity index (χ3v) is 5.33. The van der Waals surface area contributed by atoms with Gasteiger partial charge in [0.25, 0.3) is 0 Å². The highest BCUT2D eigenvalue weighted by Gasteiger charge is 2.32. The lowest BCUT2D eigenvalue weighted by Crippen LogP contribution is -2.48. The van der Waals surface area contributed by atoms with Crippen LogP contribution in [0, 0.1) is 5.82 Å². The number of rotatable bonds is 6. The zero-order valence-corrected chi connectivity index (χ0v) is 17.1. The van der Waals surface area contributed by atoms with Crippen molar-refractivity contribution >= 4 is 29.5 Å². The number of carbonyl (C=O) groups is 2. The largest absolute Gasteiger partial charge is 0.465 e. The molecule has 1 atom stereocenters. The van der Waals surface area contributed by atoms with Crippen molar-refractivity contribution in [3.05, 3.63) is 64.7 Å². The van der Waals surface area contributed by atoms with Gasteiger partial charge in [-0.2, -0.15) is 0 Å². The molecule has 4 rings (SSSR count). The third-order valence-electron chi connectivity index (χ3n) is 5.33. The Morgan fingerprint density at radius 3 is 2.78 bits per heavy atom.